The monoisotopic (exact) mass is 260 g/mol. The van der Waals surface area contributed by atoms with Gasteiger partial charge >= 0.3 is 0 Å². The Kier molecular flexibility index (Phi) is 1.52. The van der Waals surface area contributed by atoms with E-state index < -0.39 is 0 Å². The van der Waals surface area contributed by atoms with Gasteiger partial charge in [0.25, 0.3) is 0 Å². The predicted molar refractivity (Wildman–Crippen MR) is 49.0 cm³/mol. The van der Waals surface area contributed by atoms with E-state index in [4.69, 9.17) is 0 Å². The summed E-state index contributed by atoms with van der Waals surface area (Å²) in [5.41, 5.74) is 1.75. The predicted octanol–water partition coefficient (Wildman–Crippen LogP) is 0.968. The summed E-state index contributed by atoms with van der Waals surface area (Å²) in [4.78, 5) is 12.2. The van der Waals surface area contributed by atoms with Crippen LogP contribution in [-0.4, -0.2) is 19.5 Å². The Morgan fingerprint density at radius 2 is 2.18 bits per heavy atom. The molecule has 2 aromatic heterocycles. The number of imidazole rings is 1. The number of aryl methyl sites for hydroxylation is 1. The van der Waals surface area contributed by atoms with Crippen LogP contribution in [0.2, 0.25) is 0 Å². The maximum atomic E-state index is 4.09. The van der Waals surface area contributed by atoms with Crippen LogP contribution in [0.1, 0.15) is 0 Å². The van der Waals surface area contributed by atoms with Crippen LogP contribution in [-0.2, 0) is 7.05 Å². The van der Waals surface area contributed by atoms with Crippen molar-refractivity contribution in [3.8, 4) is 0 Å². The standard InChI is InChI=1S/C6H5IN4/c1-11-3-10-6-4(11)5(7)8-2-9-6/h2-3H,1H3. The average Bonchev–Trinajstić information content (AvgIpc) is 2.34. The van der Waals surface area contributed by atoms with E-state index in [9.17, 15) is 0 Å². The summed E-state index contributed by atoms with van der Waals surface area (Å²) in [6.07, 6.45) is 3.26. The number of fused-ring (bicyclic) bond motifs is 1. The van der Waals surface area contributed by atoms with Gasteiger partial charge in [-0.25, -0.2) is 15.0 Å². The smallest absolute Gasteiger partial charge is 0.181 e. The zero-order valence-corrected chi connectivity index (χ0v) is 7.98. The average molecular weight is 260 g/mol. The molecule has 2 heterocycles. The highest BCUT2D eigenvalue weighted by molar-refractivity contribution is 14.1. The summed E-state index contributed by atoms with van der Waals surface area (Å²) in [6.45, 7) is 0. The van der Waals surface area contributed by atoms with Crippen molar-refractivity contribution in [3.63, 3.8) is 0 Å². The molecule has 0 saturated carbocycles. The molecule has 0 radical (unpaired) electrons. The number of rotatable bonds is 0. The van der Waals surface area contributed by atoms with Gasteiger partial charge in [-0.05, 0) is 22.6 Å². The molecule has 0 saturated heterocycles. The summed E-state index contributed by atoms with van der Waals surface area (Å²) in [5.74, 6) is 0. The van der Waals surface area contributed by atoms with E-state index in [0.29, 0.717) is 0 Å². The number of halogens is 1. The highest BCUT2D eigenvalue weighted by Gasteiger charge is 2.03. The van der Waals surface area contributed by atoms with Gasteiger partial charge in [0.1, 0.15) is 15.5 Å². The lowest BCUT2D eigenvalue weighted by atomic mass is 10.5. The molecule has 0 bridgehead atoms. The van der Waals surface area contributed by atoms with Gasteiger partial charge in [-0.15, -0.1) is 0 Å². The molecule has 0 aliphatic rings. The molecule has 2 rings (SSSR count). The van der Waals surface area contributed by atoms with Crippen molar-refractivity contribution in [1.29, 1.82) is 0 Å². The molecule has 0 fully saturated rings. The first-order chi connectivity index (χ1) is 5.29. The van der Waals surface area contributed by atoms with E-state index in [-0.39, 0.29) is 0 Å². The number of hydrogen-bond acceptors (Lipinski definition) is 3. The normalized spacial score (nSPS) is 10.7. The van der Waals surface area contributed by atoms with Crippen LogP contribution >= 0.6 is 22.6 Å². The number of nitrogens with zero attached hydrogens (tertiary/aromatic N) is 4. The van der Waals surface area contributed by atoms with Crippen molar-refractivity contribution in [1.82, 2.24) is 19.5 Å². The molecule has 56 valence electrons. The maximum absolute atomic E-state index is 4.09. The fourth-order valence-corrected chi connectivity index (χ4v) is 1.69. The van der Waals surface area contributed by atoms with Crippen LogP contribution in [0.3, 0.4) is 0 Å². The van der Waals surface area contributed by atoms with Crippen molar-refractivity contribution >= 4 is 33.8 Å². The zero-order valence-electron chi connectivity index (χ0n) is 5.82. The lowest BCUT2D eigenvalue weighted by molar-refractivity contribution is 0.940. The van der Waals surface area contributed by atoms with Crippen LogP contribution in [0.15, 0.2) is 12.7 Å². The first-order valence-electron chi connectivity index (χ1n) is 3.06. The highest BCUT2D eigenvalue weighted by Crippen LogP contribution is 2.13. The molecule has 4 nitrogen and oxygen atoms in total. The van der Waals surface area contributed by atoms with E-state index >= 15 is 0 Å². The minimum absolute atomic E-state index is 0.756. The van der Waals surface area contributed by atoms with E-state index in [0.717, 1.165) is 14.9 Å². The van der Waals surface area contributed by atoms with Crippen molar-refractivity contribution in [2.75, 3.05) is 0 Å². The summed E-state index contributed by atoms with van der Waals surface area (Å²) in [5, 5.41) is 0. The van der Waals surface area contributed by atoms with E-state index in [1.165, 1.54) is 6.33 Å². The molecular weight excluding hydrogens is 255 g/mol. The van der Waals surface area contributed by atoms with Gasteiger partial charge in [-0.2, -0.15) is 0 Å². The van der Waals surface area contributed by atoms with E-state index in [2.05, 4.69) is 37.5 Å². The van der Waals surface area contributed by atoms with Gasteiger partial charge in [0.2, 0.25) is 0 Å². The third-order valence-corrected chi connectivity index (χ3v) is 2.25. The second-order valence-electron chi connectivity index (χ2n) is 2.19. The summed E-state index contributed by atoms with van der Waals surface area (Å²) >= 11 is 2.17. The van der Waals surface area contributed by atoms with Gasteiger partial charge in [0, 0.05) is 7.05 Å². The summed E-state index contributed by atoms with van der Waals surface area (Å²) in [6, 6.07) is 0. The van der Waals surface area contributed by atoms with Crippen LogP contribution < -0.4 is 0 Å². The number of hydrogen-bond donors (Lipinski definition) is 0. The van der Waals surface area contributed by atoms with Crippen molar-refractivity contribution < 1.29 is 0 Å². The minimum atomic E-state index is 0.756. The molecule has 0 unspecified atom stereocenters. The zero-order chi connectivity index (χ0) is 7.84. The van der Waals surface area contributed by atoms with Gasteiger partial charge < -0.3 is 4.57 Å². The van der Waals surface area contributed by atoms with Crippen LogP contribution in [0.25, 0.3) is 11.2 Å². The molecule has 0 amide bonds. The van der Waals surface area contributed by atoms with Gasteiger partial charge in [0.15, 0.2) is 5.65 Å². The second-order valence-corrected chi connectivity index (χ2v) is 3.21. The lowest BCUT2D eigenvalue weighted by Gasteiger charge is -1.93. The van der Waals surface area contributed by atoms with Gasteiger partial charge in [-0.1, -0.05) is 0 Å². The van der Waals surface area contributed by atoms with E-state index in [1.807, 2.05) is 11.6 Å². The Morgan fingerprint density at radius 3 is 2.91 bits per heavy atom. The first-order valence-corrected chi connectivity index (χ1v) is 4.14. The third-order valence-electron chi connectivity index (χ3n) is 1.46. The van der Waals surface area contributed by atoms with Gasteiger partial charge in [0.05, 0.1) is 6.33 Å². The first kappa shape index (κ1) is 6.96. The molecule has 0 aliphatic carbocycles. The summed E-state index contributed by atoms with van der Waals surface area (Å²) < 4.78 is 2.85. The largest absolute Gasteiger partial charge is 0.330 e. The fourth-order valence-electron chi connectivity index (χ4n) is 0.946. The lowest BCUT2D eigenvalue weighted by Crippen LogP contribution is -1.90. The fraction of sp³-hybridized carbons (Fsp3) is 0.167. The van der Waals surface area contributed by atoms with Crippen molar-refractivity contribution in [2.24, 2.45) is 7.05 Å². The van der Waals surface area contributed by atoms with Crippen LogP contribution in [0, 0.1) is 3.70 Å². The number of aromatic nitrogens is 4. The van der Waals surface area contributed by atoms with Crippen LogP contribution in [0.5, 0.6) is 0 Å². The quantitative estimate of drug-likeness (QED) is 0.523. The van der Waals surface area contributed by atoms with Crippen LogP contribution in [0.4, 0.5) is 0 Å². The molecule has 0 aromatic carbocycles. The van der Waals surface area contributed by atoms with Gasteiger partial charge in [-0.3, -0.25) is 0 Å². The van der Waals surface area contributed by atoms with Crippen molar-refractivity contribution in [2.45, 2.75) is 0 Å². The molecule has 2 aromatic rings. The SMILES string of the molecule is Cn1cnc2ncnc(I)c21. The molecule has 0 aliphatic heterocycles. The molecule has 0 N–H and O–H groups in total. The molecule has 0 atom stereocenters. The maximum Gasteiger partial charge on any atom is 0.181 e. The Hall–Kier alpha value is -0.720. The Labute approximate surface area is 76.8 Å². The Morgan fingerprint density at radius 1 is 1.36 bits per heavy atom. The molecular formula is C6H5IN4. The summed E-state index contributed by atoms with van der Waals surface area (Å²) in [7, 11) is 1.93. The Bertz CT molecular complexity index is 394. The molecule has 5 heteroatoms. The molecule has 11 heavy (non-hydrogen) atoms. The topological polar surface area (TPSA) is 43.6 Å². The highest BCUT2D eigenvalue weighted by atomic mass is 127. The minimum Gasteiger partial charge on any atom is -0.330 e. The second kappa shape index (κ2) is 2.40. The molecule has 0 spiro atoms. The third kappa shape index (κ3) is 0.991. The van der Waals surface area contributed by atoms with Crippen molar-refractivity contribution in [3.05, 3.63) is 16.4 Å². The Balaban J connectivity index is 2.96. The van der Waals surface area contributed by atoms with E-state index in [1.54, 1.807) is 6.33 Å².